The van der Waals surface area contributed by atoms with E-state index in [1.165, 1.54) is 0 Å². The number of rotatable bonds is 4. The predicted octanol–water partition coefficient (Wildman–Crippen LogP) is 1.92. The lowest BCUT2D eigenvalue weighted by Gasteiger charge is -2.30. The average Bonchev–Trinajstić information content (AvgIpc) is 3.11. The van der Waals surface area contributed by atoms with E-state index in [2.05, 4.69) is 10.6 Å². The molecular weight excluding hydrogens is 368 g/mol. The second-order valence-electron chi connectivity index (χ2n) is 7.52. The van der Waals surface area contributed by atoms with E-state index in [0.29, 0.717) is 25.3 Å². The van der Waals surface area contributed by atoms with Gasteiger partial charge in [0.25, 0.3) is 0 Å². The van der Waals surface area contributed by atoms with Crippen LogP contribution in [-0.2, 0) is 14.4 Å². The number of nitrogens with one attached hydrogen (secondary N) is 2. The van der Waals surface area contributed by atoms with Crippen molar-refractivity contribution in [3.05, 3.63) is 54.1 Å². The molecule has 2 N–H and O–H groups in total. The lowest BCUT2D eigenvalue weighted by Crippen LogP contribution is -2.48. The highest BCUT2D eigenvalue weighted by Crippen LogP contribution is 2.29. The largest absolute Gasteiger partial charge is 0.359 e. The van der Waals surface area contributed by atoms with Gasteiger partial charge in [0.15, 0.2) is 0 Å². The monoisotopic (exact) mass is 392 g/mol. The molecule has 2 aliphatic rings. The minimum Gasteiger partial charge on any atom is -0.359 e. The lowest BCUT2D eigenvalue weighted by molar-refractivity contribution is -0.122. The van der Waals surface area contributed by atoms with Crippen molar-refractivity contribution in [1.82, 2.24) is 5.32 Å². The first-order valence-electron chi connectivity index (χ1n) is 9.80. The number of piperazine rings is 1. The normalized spacial score (nSPS) is 19.3. The SMILES string of the molecule is Cc1ccc(N2CC(C(=O)Nc3ccccc3N3CCNC(=O)C3)CC2=O)cc1. The van der Waals surface area contributed by atoms with Crippen LogP contribution in [0, 0.1) is 12.8 Å². The molecule has 2 aromatic carbocycles. The van der Waals surface area contributed by atoms with Gasteiger partial charge < -0.3 is 20.4 Å². The van der Waals surface area contributed by atoms with Crippen LogP contribution in [0.2, 0.25) is 0 Å². The van der Waals surface area contributed by atoms with Gasteiger partial charge in [-0.1, -0.05) is 29.8 Å². The van der Waals surface area contributed by atoms with Crippen molar-refractivity contribution in [2.45, 2.75) is 13.3 Å². The third-order valence-electron chi connectivity index (χ3n) is 5.38. The molecule has 3 amide bonds. The third kappa shape index (κ3) is 4.08. The predicted molar refractivity (Wildman–Crippen MR) is 112 cm³/mol. The Hall–Kier alpha value is -3.35. The van der Waals surface area contributed by atoms with Crippen LogP contribution in [0.5, 0.6) is 0 Å². The first kappa shape index (κ1) is 19.0. The topological polar surface area (TPSA) is 81.8 Å². The molecule has 150 valence electrons. The van der Waals surface area contributed by atoms with Gasteiger partial charge in [-0.3, -0.25) is 14.4 Å². The quantitative estimate of drug-likeness (QED) is 0.833. The molecule has 7 nitrogen and oxygen atoms in total. The van der Waals surface area contributed by atoms with E-state index in [-0.39, 0.29) is 30.7 Å². The Morgan fingerprint density at radius 1 is 1.10 bits per heavy atom. The molecule has 2 aliphatic heterocycles. The van der Waals surface area contributed by atoms with Crippen LogP contribution < -0.4 is 20.4 Å². The molecule has 1 atom stereocenters. The van der Waals surface area contributed by atoms with Crippen molar-refractivity contribution in [3.8, 4) is 0 Å². The highest BCUT2D eigenvalue weighted by Gasteiger charge is 2.35. The summed E-state index contributed by atoms with van der Waals surface area (Å²) in [4.78, 5) is 40.7. The maximum absolute atomic E-state index is 12.9. The molecule has 0 spiro atoms. The second-order valence-corrected chi connectivity index (χ2v) is 7.52. The Morgan fingerprint density at radius 3 is 2.62 bits per heavy atom. The van der Waals surface area contributed by atoms with Crippen LogP contribution in [0.15, 0.2) is 48.5 Å². The number of para-hydroxylation sites is 2. The van der Waals surface area contributed by atoms with Crippen LogP contribution in [-0.4, -0.2) is 43.9 Å². The Balaban J connectivity index is 1.47. The summed E-state index contributed by atoms with van der Waals surface area (Å²) in [6.07, 6.45) is 0.188. The number of hydrogen-bond donors (Lipinski definition) is 2. The Labute approximate surface area is 169 Å². The minimum atomic E-state index is -0.415. The number of nitrogens with zero attached hydrogens (tertiary/aromatic N) is 2. The van der Waals surface area contributed by atoms with E-state index in [4.69, 9.17) is 0 Å². The number of anilines is 3. The summed E-state index contributed by atoms with van der Waals surface area (Å²) in [7, 11) is 0. The van der Waals surface area contributed by atoms with Crippen molar-refractivity contribution in [3.63, 3.8) is 0 Å². The van der Waals surface area contributed by atoms with Crippen LogP contribution in [0.1, 0.15) is 12.0 Å². The molecule has 0 aliphatic carbocycles. The van der Waals surface area contributed by atoms with Gasteiger partial charge in [0.05, 0.1) is 23.8 Å². The molecular formula is C22H24N4O3. The van der Waals surface area contributed by atoms with E-state index in [1.54, 1.807) is 4.90 Å². The highest BCUT2D eigenvalue weighted by molar-refractivity contribution is 6.04. The molecule has 7 heteroatoms. The summed E-state index contributed by atoms with van der Waals surface area (Å²) < 4.78 is 0. The third-order valence-corrected chi connectivity index (χ3v) is 5.38. The fourth-order valence-electron chi connectivity index (χ4n) is 3.79. The number of benzene rings is 2. The lowest BCUT2D eigenvalue weighted by atomic mass is 10.1. The summed E-state index contributed by atoms with van der Waals surface area (Å²) in [5, 5.41) is 5.78. The fourth-order valence-corrected chi connectivity index (χ4v) is 3.79. The van der Waals surface area contributed by atoms with Gasteiger partial charge in [-0.25, -0.2) is 0 Å². The summed E-state index contributed by atoms with van der Waals surface area (Å²) in [5.41, 5.74) is 3.41. The maximum Gasteiger partial charge on any atom is 0.239 e. The van der Waals surface area contributed by atoms with Crippen LogP contribution in [0.3, 0.4) is 0 Å². The van der Waals surface area contributed by atoms with Crippen molar-refractivity contribution in [1.29, 1.82) is 0 Å². The number of hydrogen-bond acceptors (Lipinski definition) is 4. The molecule has 0 bridgehead atoms. The summed E-state index contributed by atoms with van der Waals surface area (Å²) >= 11 is 0. The second kappa shape index (κ2) is 7.95. The smallest absolute Gasteiger partial charge is 0.239 e. The number of carbonyl (C=O) groups is 3. The molecule has 0 radical (unpaired) electrons. The molecule has 0 saturated carbocycles. The molecule has 2 saturated heterocycles. The van der Waals surface area contributed by atoms with Crippen molar-refractivity contribution < 1.29 is 14.4 Å². The van der Waals surface area contributed by atoms with E-state index >= 15 is 0 Å². The van der Waals surface area contributed by atoms with Gasteiger partial charge in [-0.2, -0.15) is 0 Å². The summed E-state index contributed by atoms with van der Waals surface area (Å²) in [5.74, 6) is -0.675. The Kier molecular flexibility index (Phi) is 5.20. The van der Waals surface area contributed by atoms with Crippen LogP contribution >= 0.6 is 0 Å². The zero-order valence-electron chi connectivity index (χ0n) is 16.4. The van der Waals surface area contributed by atoms with E-state index < -0.39 is 5.92 Å². The first-order chi connectivity index (χ1) is 14.0. The van der Waals surface area contributed by atoms with Gasteiger partial charge in [0.2, 0.25) is 17.7 Å². The molecule has 2 fully saturated rings. The first-order valence-corrected chi connectivity index (χ1v) is 9.80. The average molecular weight is 392 g/mol. The molecule has 1 unspecified atom stereocenters. The number of aryl methyl sites for hydroxylation is 1. The number of amides is 3. The molecule has 2 aromatic rings. The van der Waals surface area contributed by atoms with Crippen LogP contribution in [0.25, 0.3) is 0 Å². The van der Waals surface area contributed by atoms with E-state index in [9.17, 15) is 14.4 Å². The van der Waals surface area contributed by atoms with Gasteiger partial charge in [-0.05, 0) is 31.2 Å². The van der Waals surface area contributed by atoms with E-state index in [0.717, 1.165) is 16.9 Å². The molecule has 2 heterocycles. The van der Waals surface area contributed by atoms with Crippen LogP contribution in [0.4, 0.5) is 17.1 Å². The summed E-state index contributed by atoms with van der Waals surface area (Å²) in [6, 6.07) is 15.2. The van der Waals surface area contributed by atoms with Gasteiger partial charge >= 0.3 is 0 Å². The molecule has 4 rings (SSSR count). The van der Waals surface area contributed by atoms with E-state index in [1.807, 2.05) is 60.4 Å². The van der Waals surface area contributed by atoms with Crippen molar-refractivity contribution in [2.24, 2.45) is 5.92 Å². The standard InChI is InChI=1S/C22H24N4O3/c1-15-6-8-17(9-7-15)26-13-16(12-21(26)28)22(29)24-18-4-2-3-5-19(18)25-11-10-23-20(27)14-25/h2-9,16H,10-14H2,1H3,(H,23,27)(H,24,29). The molecule has 29 heavy (non-hydrogen) atoms. The molecule has 0 aromatic heterocycles. The van der Waals surface area contributed by atoms with Gasteiger partial charge in [0, 0.05) is 31.7 Å². The highest BCUT2D eigenvalue weighted by atomic mass is 16.2. The minimum absolute atomic E-state index is 0.0347. The Morgan fingerprint density at radius 2 is 1.86 bits per heavy atom. The Bertz CT molecular complexity index is 941. The zero-order valence-corrected chi connectivity index (χ0v) is 16.4. The zero-order chi connectivity index (χ0) is 20.4. The van der Waals surface area contributed by atoms with Crippen molar-refractivity contribution >= 4 is 34.8 Å². The van der Waals surface area contributed by atoms with Gasteiger partial charge in [-0.15, -0.1) is 0 Å². The van der Waals surface area contributed by atoms with Gasteiger partial charge in [0.1, 0.15) is 0 Å². The summed E-state index contributed by atoms with van der Waals surface area (Å²) in [6.45, 7) is 3.87. The number of carbonyl (C=O) groups excluding carboxylic acids is 3. The van der Waals surface area contributed by atoms with Crippen molar-refractivity contribution in [2.75, 3.05) is 41.3 Å². The maximum atomic E-state index is 12.9. The fraction of sp³-hybridized carbons (Fsp3) is 0.318.